The fourth-order valence-electron chi connectivity index (χ4n) is 6.29. The SMILES string of the molecule is CC(C)C[C@H](NC(=O)CNC(=O)[C@@H](N)CC(C)C)C(=O)N1CCC[C@@H]1C(=O)NCCCNc1cccc2c1C(=O)c1ccccc1C2=O.O=C(O)C(F)(F)F. The first-order valence-corrected chi connectivity index (χ1v) is 18.1. The number of hydrogen-bond acceptors (Lipinski definition) is 9. The van der Waals surface area contributed by atoms with Crippen LogP contribution in [0.3, 0.4) is 0 Å². The third-order valence-electron chi connectivity index (χ3n) is 8.83. The Labute approximate surface area is 317 Å². The molecule has 2 aliphatic rings. The summed E-state index contributed by atoms with van der Waals surface area (Å²) in [7, 11) is 0. The molecule has 4 rings (SSSR count). The van der Waals surface area contributed by atoms with E-state index in [0.717, 1.165) is 0 Å². The van der Waals surface area contributed by atoms with Gasteiger partial charge in [0.2, 0.25) is 23.6 Å². The molecule has 0 aromatic heterocycles. The van der Waals surface area contributed by atoms with Crippen LogP contribution in [0, 0.1) is 11.8 Å². The molecule has 0 spiro atoms. The molecule has 300 valence electrons. The average molecular weight is 775 g/mol. The molecule has 1 saturated heterocycles. The van der Waals surface area contributed by atoms with Crippen LogP contribution in [0.15, 0.2) is 42.5 Å². The number of halogens is 3. The molecule has 7 N–H and O–H groups in total. The minimum atomic E-state index is -5.08. The smallest absolute Gasteiger partial charge is 0.475 e. The number of carboxylic acid groups (broad SMARTS) is 1. The number of aliphatic carboxylic acids is 1. The summed E-state index contributed by atoms with van der Waals surface area (Å²) in [5.41, 5.74) is 7.97. The zero-order valence-corrected chi connectivity index (χ0v) is 31.3. The maximum Gasteiger partial charge on any atom is 0.490 e. The first-order valence-electron chi connectivity index (χ1n) is 18.1. The lowest BCUT2D eigenvalue weighted by molar-refractivity contribution is -0.192. The first kappa shape index (κ1) is 44.1. The van der Waals surface area contributed by atoms with Crippen molar-refractivity contribution < 1.29 is 51.8 Å². The molecule has 1 aliphatic heterocycles. The van der Waals surface area contributed by atoms with Crippen LogP contribution >= 0.6 is 0 Å². The Hall–Kier alpha value is -5.32. The lowest BCUT2D eigenvalue weighted by atomic mass is 9.83. The van der Waals surface area contributed by atoms with Gasteiger partial charge in [0.05, 0.1) is 18.2 Å². The number of carboxylic acids is 1. The molecule has 0 unspecified atom stereocenters. The lowest BCUT2D eigenvalue weighted by Gasteiger charge is -2.29. The number of amides is 4. The van der Waals surface area contributed by atoms with E-state index in [2.05, 4.69) is 21.3 Å². The van der Waals surface area contributed by atoms with Gasteiger partial charge in [0.15, 0.2) is 11.6 Å². The van der Waals surface area contributed by atoms with Crippen LogP contribution in [-0.4, -0.2) is 102 Å². The van der Waals surface area contributed by atoms with E-state index >= 15 is 0 Å². The van der Waals surface area contributed by atoms with Crippen LogP contribution in [0.2, 0.25) is 0 Å². The summed E-state index contributed by atoms with van der Waals surface area (Å²) < 4.78 is 31.7. The number of benzene rings is 2. The van der Waals surface area contributed by atoms with Gasteiger partial charge < -0.3 is 37.0 Å². The van der Waals surface area contributed by atoms with E-state index in [1.807, 2.05) is 27.7 Å². The van der Waals surface area contributed by atoms with E-state index in [4.69, 9.17) is 15.6 Å². The first-order chi connectivity index (χ1) is 25.8. The Morgan fingerprint density at radius 1 is 0.873 bits per heavy atom. The zero-order chi connectivity index (χ0) is 41.0. The second kappa shape index (κ2) is 19.8. The maximum atomic E-state index is 13.6. The number of carbonyl (C=O) groups is 7. The quantitative estimate of drug-likeness (QED) is 0.124. The van der Waals surface area contributed by atoms with E-state index < -0.39 is 42.1 Å². The molecule has 2 aromatic rings. The number of anilines is 1. The molecular formula is C38H49F3N6O8. The van der Waals surface area contributed by atoms with Crippen molar-refractivity contribution in [3.63, 3.8) is 0 Å². The van der Waals surface area contributed by atoms with Crippen molar-refractivity contribution in [2.45, 2.75) is 84.1 Å². The van der Waals surface area contributed by atoms with Crippen LogP contribution in [0.1, 0.15) is 91.6 Å². The molecule has 55 heavy (non-hydrogen) atoms. The number of carbonyl (C=O) groups excluding carboxylic acids is 6. The molecule has 17 heteroatoms. The van der Waals surface area contributed by atoms with Gasteiger partial charge >= 0.3 is 12.1 Å². The highest BCUT2D eigenvalue weighted by Gasteiger charge is 2.39. The summed E-state index contributed by atoms with van der Waals surface area (Å²) in [6, 6.07) is 9.74. The number of nitrogens with two attached hydrogens (primary N) is 1. The van der Waals surface area contributed by atoms with E-state index in [-0.39, 0.29) is 41.8 Å². The van der Waals surface area contributed by atoms with Gasteiger partial charge in [0.25, 0.3) is 0 Å². The highest BCUT2D eigenvalue weighted by molar-refractivity contribution is 6.30. The second-order valence-electron chi connectivity index (χ2n) is 14.2. The second-order valence-corrected chi connectivity index (χ2v) is 14.2. The van der Waals surface area contributed by atoms with Crippen molar-refractivity contribution in [1.29, 1.82) is 0 Å². The van der Waals surface area contributed by atoms with Gasteiger partial charge in [-0.25, -0.2) is 4.79 Å². The number of ketones is 2. The Kier molecular flexibility index (Phi) is 15.9. The summed E-state index contributed by atoms with van der Waals surface area (Å²) >= 11 is 0. The molecule has 1 fully saturated rings. The fourth-order valence-corrected chi connectivity index (χ4v) is 6.29. The number of alkyl halides is 3. The van der Waals surface area contributed by atoms with E-state index in [1.54, 1.807) is 42.5 Å². The van der Waals surface area contributed by atoms with Gasteiger partial charge in [-0.05, 0) is 50.0 Å². The topological polar surface area (TPSA) is 217 Å². The Morgan fingerprint density at radius 3 is 2.07 bits per heavy atom. The third kappa shape index (κ3) is 12.3. The van der Waals surface area contributed by atoms with Gasteiger partial charge in [-0.15, -0.1) is 0 Å². The predicted octanol–water partition coefficient (Wildman–Crippen LogP) is 3.03. The fraction of sp³-hybridized carbons (Fsp3) is 0.500. The van der Waals surface area contributed by atoms with Crippen LogP contribution in [0.25, 0.3) is 0 Å². The summed E-state index contributed by atoms with van der Waals surface area (Å²) in [5, 5.41) is 18.6. The van der Waals surface area contributed by atoms with Gasteiger partial charge in [-0.2, -0.15) is 13.2 Å². The number of nitrogens with one attached hydrogen (secondary N) is 4. The Balaban J connectivity index is 0.00000106. The molecule has 3 atom stereocenters. The highest BCUT2D eigenvalue weighted by Crippen LogP contribution is 2.32. The number of rotatable bonds is 15. The van der Waals surface area contributed by atoms with Crippen LogP contribution in [0.4, 0.5) is 18.9 Å². The summed E-state index contributed by atoms with van der Waals surface area (Å²) in [4.78, 5) is 88.5. The van der Waals surface area contributed by atoms with E-state index in [1.165, 1.54) is 4.90 Å². The minimum absolute atomic E-state index is 0.0917. The van der Waals surface area contributed by atoms with Crippen molar-refractivity contribution in [2.24, 2.45) is 17.6 Å². The largest absolute Gasteiger partial charge is 0.490 e. The molecule has 2 aromatic carbocycles. The van der Waals surface area contributed by atoms with Gasteiger partial charge in [0.1, 0.15) is 12.1 Å². The summed E-state index contributed by atoms with van der Waals surface area (Å²) in [6.45, 7) is 8.67. The average Bonchev–Trinajstić information content (AvgIpc) is 3.61. The highest BCUT2D eigenvalue weighted by atomic mass is 19.4. The zero-order valence-electron chi connectivity index (χ0n) is 31.3. The number of likely N-dealkylation sites (tertiary alicyclic amines) is 1. The molecule has 0 radical (unpaired) electrons. The van der Waals surface area contributed by atoms with Crippen molar-refractivity contribution in [1.82, 2.24) is 20.9 Å². The minimum Gasteiger partial charge on any atom is -0.475 e. The standard InChI is InChI=1S/C36H48N6O6.C2HF3O2/c1-21(2)18-26(37)34(46)40-20-30(43)41-28(19-22(3)4)36(48)42-17-8-14-29(42)35(47)39-16-9-15-38-27-13-7-12-25-31(27)33(45)24-11-6-5-10-23(24)32(25)44;3-2(4,5)1(6)7/h5-7,10-13,21-22,26,28-29,38H,8-9,14-20,37H2,1-4H3,(H,39,47)(H,40,46)(H,41,43);(H,6,7)/t26-,28-,29+;/m0./s1. The Morgan fingerprint density at radius 2 is 1.47 bits per heavy atom. The van der Waals surface area contributed by atoms with Crippen LogP contribution in [-0.2, 0) is 24.0 Å². The number of nitrogens with zero attached hydrogens (tertiary/aromatic N) is 1. The molecule has 1 aliphatic carbocycles. The number of hydrogen-bond donors (Lipinski definition) is 6. The Bertz CT molecular complexity index is 1750. The van der Waals surface area contributed by atoms with Gasteiger partial charge in [-0.1, -0.05) is 64.1 Å². The van der Waals surface area contributed by atoms with Gasteiger partial charge in [0, 0.05) is 42.0 Å². The van der Waals surface area contributed by atoms with Crippen molar-refractivity contribution in [3.8, 4) is 0 Å². The molecule has 14 nitrogen and oxygen atoms in total. The normalized spacial score (nSPS) is 16.0. The monoisotopic (exact) mass is 774 g/mol. The van der Waals surface area contributed by atoms with E-state index in [9.17, 15) is 41.9 Å². The summed E-state index contributed by atoms with van der Waals surface area (Å²) in [5.74, 6) is -4.34. The number of fused-ring (bicyclic) bond motifs is 2. The van der Waals surface area contributed by atoms with Crippen molar-refractivity contribution in [2.75, 3.05) is 31.5 Å². The van der Waals surface area contributed by atoms with Crippen LogP contribution in [0.5, 0.6) is 0 Å². The van der Waals surface area contributed by atoms with Crippen LogP contribution < -0.4 is 27.0 Å². The summed E-state index contributed by atoms with van der Waals surface area (Å²) in [6.07, 6.45) is -2.51. The van der Waals surface area contributed by atoms with E-state index in [0.29, 0.717) is 79.7 Å². The molecule has 4 amide bonds. The molecule has 0 bridgehead atoms. The predicted molar refractivity (Wildman–Crippen MR) is 196 cm³/mol. The third-order valence-corrected chi connectivity index (χ3v) is 8.83. The maximum absolute atomic E-state index is 13.6. The van der Waals surface area contributed by atoms with Crippen molar-refractivity contribution in [3.05, 3.63) is 64.7 Å². The molecular weight excluding hydrogens is 725 g/mol. The lowest BCUT2D eigenvalue weighted by Crippen LogP contribution is -2.55. The molecule has 1 heterocycles. The molecule has 0 saturated carbocycles. The van der Waals surface area contributed by atoms with Crippen molar-refractivity contribution >= 4 is 46.9 Å². The van der Waals surface area contributed by atoms with Gasteiger partial charge in [-0.3, -0.25) is 28.8 Å².